The highest BCUT2D eigenvalue weighted by atomic mass is 35.5. The molecule has 0 bridgehead atoms. The van der Waals surface area contributed by atoms with Gasteiger partial charge in [0.05, 0.1) is 6.54 Å². The topological polar surface area (TPSA) is 75.4 Å². The van der Waals surface area contributed by atoms with Crippen molar-refractivity contribution >= 4 is 23.4 Å². The summed E-state index contributed by atoms with van der Waals surface area (Å²) in [6.45, 7) is 5.82. The molecule has 0 atom stereocenters. The fourth-order valence-electron chi connectivity index (χ4n) is 2.54. The highest BCUT2D eigenvalue weighted by Crippen LogP contribution is 2.10. The van der Waals surface area contributed by atoms with Crippen molar-refractivity contribution in [1.29, 1.82) is 0 Å². The minimum atomic E-state index is -0.234. The van der Waals surface area contributed by atoms with Gasteiger partial charge in [0.15, 0.2) is 5.69 Å². The lowest BCUT2D eigenvalue weighted by Gasteiger charge is -2.21. The Balaban J connectivity index is 2.59. The third kappa shape index (κ3) is 8.70. The molecule has 0 aliphatic carbocycles. The number of alkyl halides is 1. The second-order valence-electron chi connectivity index (χ2n) is 6.40. The van der Waals surface area contributed by atoms with Crippen LogP contribution < -0.4 is 5.32 Å². The zero-order valence-electron chi connectivity index (χ0n) is 16.1. The van der Waals surface area contributed by atoms with Gasteiger partial charge in [-0.15, -0.1) is 11.6 Å². The lowest BCUT2D eigenvalue weighted by molar-refractivity contribution is -0.132. The molecule has 148 valence electrons. The molecule has 1 rings (SSSR count). The number of rotatable bonds is 14. The molecule has 1 N–H and O–H groups in total. The van der Waals surface area contributed by atoms with Crippen molar-refractivity contribution in [3.05, 3.63) is 17.8 Å². The van der Waals surface area contributed by atoms with Gasteiger partial charge in [-0.2, -0.15) is 0 Å². The Kier molecular flexibility index (Phi) is 11.8. The number of oxazole rings is 1. The van der Waals surface area contributed by atoms with Gasteiger partial charge in [-0.3, -0.25) is 9.59 Å². The van der Waals surface area contributed by atoms with Crippen LogP contribution >= 0.6 is 11.6 Å². The van der Waals surface area contributed by atoms with Crippen molar-refractivity contribution in [1.82, 2.24) is 15.2 Å². The van der Waals surface area contributed by atoms with Gasteiger partial charge in [0.1, 0.15) is 6.26 Å². The largest absolute Gasteiger partial charge is 0.446 e. The molecule has 0 saturated heterocycles. The summed E-state index contributed by atoms with van der Waals surface area (Å²) in [6, 6.07) is 0. The molecule has 0 saturated carbocycles. The lowest BCUT2D eigenvalue weighted by atomic mass is 10.2. The van der Waals surface area contributed by atoms with E-state index in [1.165, 1.54) is 6.26 Å². The lowest BCUT2D eigenvalue weighted by Crippen LogP contribution is -2.31. The number of carbonyl (C=O) groups is 2. The van der Waals surface area contributed by atoms with Gasteiger partial charge in [-0.1, -0.05) is 39.5 Å². The number of hydrogen-bond donors (Lipinski definition) is 1. The zero-order valence-corrected chi connectivity index (χ0v) is 16.8. The Morgan fingerprint density at radius 3 is 2.58 bits per heavy atom. The van der Waals surface area contributed by atoms with Gasteiger partial charge in [0, 0.05) is 25.4 Å². The molecule has 0 spiro atoms. The maximum Gasteiger partial charge on any atom is 0.273 e. The quantitative estimate of drug-likeness (QED) is 0.386. The first kappa shape index (κ1) is 22.5. The number of nitrogens with zero attached hydrogens (tertiary/aromatic N) is 2. The molecule has 0 aromatic carbocycles. The van der Waals surface area contributed by atoms with Crippen LogP contribution in [0.25, 0.3) is 0 Å². The molecular formula is C19H32ClN3O3. The van der Waals surface area contributed by atoms with E-state index in [1.54, 1.807) is 4.90 Å². The van der Waals surface area contributed by atoms with Crippen LogP contribution in [0.15, 0.2) is 10.7 Å². The van der Waals surface area contributed by atoms with Gasteiger partial charge in [-0.05, 0) is 19.3 Å². The Morgan fingerprint density at radius 2 is 1.88 bits per heavy atom. The van der Waals surface area contributed by atoms with Crippen LogP contribution in [0.4, 0.5) is 0 Å². The smallest absolute Gasteiger partial charge is 0.273 e. The number of hydrogen-bond acceptors (Lipinski definition) is 4. The van der Waals surface area contributed by atoms with Crippen molar-refractivity contribution in [3.8, 4) is 0 Å². The first-order chi connectivity index (χ1) is 12.6. The molecule has 6 nitrogen and oxygen atoms in total. The molecule has 1 heterocycles. The van der Waals surface area contributed by atoms with E-state index in [4.69, 9.17) is 16.0 Å². The van der Waals surface area contributed by atoms with E-state index in [2.05, 4.69) is 24.1 Å². The van der Waals surface area contributed by atoms with Crippen LogP contribution in [-0.4, -0.2) is 40.7 Å². The van der Waals surface area contributed by atoms with E-state index in [9.17, 15) is 9.59 Å². The summed E-state index contributed by atoms with van der Waals surface area (Å²) in [7, 11) is 0. The van der Waals surface area contributed by atoms with Gasteiger partial charge in [-0.25, -0.2) is 4.98 Å². The van der Waals surface area contributed by atoms with E-state index in [0.29, 0.717) is 37.7 Å². The zero-order chi connectivity index (χ0) is 19.2. The predicted octanol–water partition coefficient (Wildman–Crippen LogP) is 4.13. The fourth-order valence-corrected chi connectivity index (χ4v) is 2.67. The molecule has 7 heteroatoms. The Labute approximate surface area is 161 Å². The third-order valence-electron chi connectivity index (χ3n) is 4.08. The maximum absolute atomic E-state index is 12.4. The summed E-state index contributed by atoms with van der Waals surface area (Å²) in [5.41, 5.74) is 0.262. The number of aromatic nitrogens is 1. The highest BCUT2D eigenvalue weighted by Gasteiger charge is 2.18. The number of amides is 2. The molecule has 26 heavy (non-hydrogen) atoms. The number of nitrogens with one attached hydrogen (secondary N) is 1. The van der Waals surface area contributed by atoms with Crippen molar-refractivity contribution in [2.24, 2.45) is 0 Å². The normalized spacial score (nSPS) is 10.7. The summed E-state index contributed by atoms with van der Waals surface area (Å²) in [4.78, 5) is 30.4. The van der Waals surface area contributed by atoms with Crippen LogP contribution in [0.2, 0.25) is 0 Å². The van der Waals surface area contributed by atoms with Gasteiger partial charge >= 0.3 is 0 Å². The van der Waals surface area contributed by atoms with Crippen LogP contribution in [0, 0.1) is 0 Å². The summed E-state index contributed by atoms with van der Waals surface area (Å²) in [5.74, 6) is 0.669. The Morgan fingerprint density at radius 1 is 1.15 bits per heavy atom. The molecule has 0 unspecified atom stereocenters. The monoisotopic (exact) mass is 385 g/mol. The molecule has 0 fully saturated rings. The summed E-state index contributed by atoms with van der Waals surface area (Å²) < 4.78 is 5.41. The van der Waals surface area contributed by atoms with Crippen molar-refractivity contribution in [2.75, 3.05) is 19.0 Å². The standard InChI is InChI=1S/C19H32ClN3O3/c1-3-5-7-12-21-19(25)16-15-26-17(22-16)14-23(13-8-6-4-2)18(24)10-9-11-20/h15H,3-14H2,1-2H3,(H,21,25). The maximum atomic E-state index is 12.4. The number of unbranched alkanes of at least 4 members (excludes halogenated alkanes) is 4. The third-order valence-corrected chi connectivity index (χ3v) is 4.35. The average molecular weight is 386 g/mol. The molecule has 0 aliphatic rings. The molecule has 1 aromatic rings. The van der Waals surface area contributed by atoms with E-state index in [-0.39, 0.29) is 24.1 Å². The predicted molar refractivity (Wildman–Crippen MR) is 103 cm³/mol. The van der Waals surface area contributed by atoms with E-state index in [0.717, 1.165) is 38.5 Å². The highest BCUT2D eigenvalue weighted by molar-refractivity contribution is 6.17. The number of carbonyl (C=O) groups excluding carboxylic acids is 2. The van der Waals surface area contributed by atoms with Crippen LogP contribution in [0.3, 0.4) is 0 Å². The van der Waals surface area contributed by atoms with E-state index >= 15 is 0 Å². The van der Waals surface area contributed by atoms with Crippen LogP contribution in [0.1, 0.15) is 81.6 Å². The van der Waals surface area contributed by atoms with E-state index < -0.39 is 0 Å². The molecule has 0 aliphatic heterocycles. The van der Waals surface area contributed by atoms with Gasteiger partial charge in [0.25, 0.3) is 5.91 Å². The minimum Gasteiger partial charge on any atom is -0.446 e. The van der Waals surface area contributed by atoms with Gasteiger partial charge < -0.3 is 14.6 Å². The first-order valence-corrected chi connectivity index (χ1v) is 10.2. The SMILES string of the molecule is CCCCCNC(=O)c1coc(CN(CCCCC)C(=O)CCCCl)n1. The van der Waals surface area contributed by atoms with Gasteiger partial charge in [0.2, 0.25) is 11.8 Å². The van der Waals surface area contributed by atoms with Crippen LogP contribution in [-0.2, 0) is 11.3 Å². The second-order valence-corrected chi connectivity index (χ2v) is 6.78. The molecular weight excluding hydrogens is 354 g/mol. The molecule has 1 aromatic heterocycles. The molecule has 2 amide bonds. The van der Waals surface area contributed by atoms with Crippen LogP contribution in [0.5, 0.6) is 0 Å². The summed E-state index contributed by atoms with van der Waals surface area (Å²) in [5, 5.41) is 2.84. The minimum absolute atomic E-state index is 0.0468. The second kappa shape index (κ2) is 13.6. The van der Waals surface area contributed by atoms with Crippen molar-refractivity contribution in [2.45, 2.75) is 71.8 Å². The fraction of sp³-hybridized carbons (Fsp3) is 0.737. The average Bonchev–Trinajstić information content (AvgIpc) is 3.11. The Hall–Kier alpha value is -1.56. The Bertz CT molecular complexity index is 534. The molecule has 0 radical (unpaired) electrons. The summed E-state index contributed by atoms with van der Waals surface area (Å²) in [6.07, 6.45) is 8.67. The summed E-state index contributed by atoms with van der Waals surface area (Å²) >= 11 is 5.69. The van der Waals surface area contributed by atoms with E-state index in [1.807, 2.05) is 0 Å². The number of halogens is 1. The first-order valence-electron chi connectivity index (χ1n) is 9.68. The van der Waals surface area contributed by atoms with Crippen molar-refractivity contribution in [3.63, 3.8) is 0 Å². The van der Waals surface area contributed by atoms with Crippen molar-refractivity contribution < 1.29 is 14.0 Å².